The molecule has 2 nitrogen and oxygen atoms in total. The van der Waals surface area contributed by atoms with E-state index in [4.69, 9.17) is 16.3 Å². The summed E-state index contributed by atoms with van der Waals surface area (Å²) >= 11 is 9.80. The molecule has 1 N–H and O–H groups in total. The van der Waals surface area contributed by atoms with E-state index in [1.807, 2.05) is 12.1 Å². The van der Waals surface area contributed by atoms with Gasteiger partial charge in [0.2, 0.25) is 0 Å². The number of ether oxygens (including phenoxy) is 1. The predicted molar refractivity (Wildman–Crippen MR) is 81.7 cm³/mol. The highest BCUT2D eigenvalue weighted by Gasteiger charge is 2.39. The predicted octanol–water partition coefficient (Wildman–Crippen LogP) is 4.47. The molecule has 0 radical (unpaired) electrons. The molecule has 2 fully saturated rings. The first-order valence-electron chi connectivity index (χ1n) is 7.02. The van der Waals surface area contributed by atoms with Gasteiger partial charge in [-0.15, -0.1) is 0 Å². The van der Waals surface area contributed by atoms with Gasteiger partial charge in [0.25, 0.3) is 0 Å². The van der Waals surface area contributed by atoms with Crippen LogP contribution in [-0.4, -0.2) is 18.7 Å². The van der Waals surface area contributed by atoms with Crippen LogP contribution >= 0.6 is 27.5 Å². The van der Waals surface area contributed by atoms with Crippen LogP contribution in [0.3, 0.4) is 0 Å². The third-order valence-electron chi connectivity index (χ3n) is 4.24. The summed E-state index contributed by atoms with van der Waals surface area (Å²) in [6.07, 6.45) is 6.32. The van der Waals surface area contributed by atoms with Crippen molar-refractivity contribution in [1.29, 1.82) is 0 Å². The molecule has 104 valence electrons. The van der Waals surface area contributed by atoms with E-state index in [1.165, 1.54) is 32.1 Å². The molecule has 0 aromatic heterocycles. The number of nitrogens with one attached hydrogen (secondary N) is 1. The van der Waals surface area contributed by atoms with Crippen LogP contribution < -0.4 is 5.32 Å². The van der Waals surface area contributed by atoms with E-state index in [1.54, 1.807) is 0 Å². The van der Waals surface area contributed by atoms with Crippen LogP contribution in [0, 0.1) is 0 Å². The summed E-state index contributed by atoms with van der Waals surface area (Å²) < 4.78 is 7.47. The van der Waals surface area contributed by atoms with Crippen LogP contribution in [0.25, 0.3) is 0 Å². The van der Waals surface area contributed by atoms with Gasteiger partial charge in [-0.25, -0.2) is 0 Å². The van der Waals surface area contributed by atoms with Crippen LogP contribution in [0.4, 0.5) is 0 Å². The Balaban J connectivity index is 1.81. The highest BCUT2D eigenvalue weighted by Crippen LogP contribution is 2.39. The lowest BCUT2D eigenvalue weighted by Gasteiger charge is -2.44. The van der Waals surface area contributed by atoms with Gasteiger partial charge in [0.15, 0.2) is 0 Å². The van der Waals surface area contributed by atoms with Gasteiger partial charge in [-0.2, -0.15) is 0 Å². The summed E-state index contributed by atoms with van der Waals surface area (Å²) in [6.45, 7) is 1.83. The lowest BCUT2D eigenvalue weighted by Crippen LogP contribution is -2.51. The summed E-state index contributed by atoms with van der Waals surface area (Å²) in [4.78, 5) is 0. The minimum absolute atomic E-state index is 0.0393. The molecule has 19 heavy (non-hydrogen) atoms. The first-order chi connectivity index (χ1) is 9.19. The van der Waals surface area contributed by atoms with Gasteiger partial charge in [0.05, 0.1) is 11.7 Å². The zero-order valence-corrected chi connectivity index (χ0v) is 13.3. The highest BCUT2D eigenvalue weighted by molar-refractivity contribution is 9.10. The molecule has 1 saturated heterocycles. The molecule has 1 heterocycles. The second-order valence-corrected chi connectivity index (χ2v) is 6.97. The first-order valence-corrected chi connectivity index (χ1v) is 8.19. The Morgan fingerprint density at radius 2 is 2.05 bits per heavy atom. The maximum absolute atomic E-state index is 6.46. The molecule has 1 atom stereocenters. The molecular weight excluding hydrogens is 326 g/mol. The summed E-state index contributed by atoms with van der Waals surface area (Å²) in [5, 5.41) is 4.33. The van der Waals surface area contributed by atoms with Gasteiger partial charge in [-0.3, -0.25) is 0 Å². The largest absolute Gasteiger partial charge is 0.364 e. The van der Waals surface area contributed by atoms with E-state index < -0.39 is 0 Å². The van der Waals surface area contributed by atoms with Gasteiger partial charge >= 0.3 is 0 Å². The average molecular weight is 345 g/mol. The quantitative estimate of drug-likeness (QED) is 0.812. The molecule has 4 heteroatoms. The smallest absolute Gasteiger partial charge is 0.0971 e. The number of rotatable bonds is 1. The number of benzene rings is 1. The molecule has 0 bridgehead atoms. The third kappa shape index (κ3) is 2.99. The lowest BCUT2D eigenvalue weighted by molar-refractivity contribution is -0.135. The second kappa shape index (κ2) is 5.72. The Morgan fingerprint density at radius 1 is 1.26 bits per heavy atom. The molecule has 1 unspecified atom stereocenters. The lowest BCUT2D eigenvalue weighted by atomic mass is 9.83. The minimum Gasteiger partial charge on any atom is -0.364 e. The molecular formula is C15H19BrClNO. The van der Waals surface area contributed by atoms with E-state index in [0.29, 0.717) is 0 Å². The fourth-order valence-corrected chi connectivity index (χ4v) is 4.04. The number of hydrogen-bond donors (Lipinski definition) is 1. The van der Waals surface area contributed by atoms with E-state index in [-0.39, 0.29) is 11.7 Å². The van der Waals surface area contributed by atoms with Gasteiger partial charge in [0.1, 0.15) is 0 Å². The second-order valence-electron chi connectivity index (χ2n) is 5.65. The molecule has 1 aromatic carbocycles. The van der Waals surface area contributed by atoms with Gasteiger partial charge in [-0.1, -0.05) is 52.9 Å². The zero-order chi connectivity index (χ0) is 13.3. The maximum Gasteiger partial charge on any atom is 0.0971 e. The summed E-state index contributed by atoms with van der Waals surface area (Å²) in [5.41, 5.74) is 1.14. The van der Waals surface area contributed by atoms with Crippen LogP contribution in [-0.2, 0) is 4.74 Å². The Hall–Kier alpha value is -0.0900. The van der Waals surface area contributed by atoms with Crippen LogP contribution in [0.1, 0.15) is 43.8 Å². The number of hydrogen-bond acceptors (Lipinski definition) is 2. The van der Waals surface area contributed by atoms with Gasteiger partial charge in [-0.05, 0) is 25.0 Å². The standard InChI is InChI=1S/C15H19BrClNO/c16-11-4-5-12(13(17)8-11)14-9-18-10-15(19-14)6-2-1-3-7-15/h4-5,8,14,18H,1-3,6-7,9-10H2. The Morgan fingerprint density at radius 3 is 2.79 bits per heavy atom. The number of halogens is 2. The molecule has 1 aromatic rings. The van der Waals surface area contributed by atoms with Crippen LogP contribution in [0.5, 0.6) is 0 Å². The molecule has 2 aliphatic rings. The highest BCUT2D eigenvalue weighted by atomic mass is 79.9. The molecule has 1 saturated carbocycles. The molecule has 0 amide bonds. The van der Waals surface area contributed by atoms with E-state index in [0.717, 1.165) is 28.1 Å². The monoisotopic (exact) mass is 343 g/mol. The third-order valence-corrected chi connectivity index (χ3v) is 5.06. The van der Waals surface area contributed by atoms with Gasteiger partial charge < -0.3 is 10.1 Å². The summed E-state index contributed by atoms with van der Waals surface area (Å²) in [5.74, 6) is 0. The van der Waals surface area contributed by atoms with Crippen LogP contribution in [0.2, 0.25) is 5.02 Å². The van der Waals surface area contributed by atoms with Crippen molar-refractivity contribution in [2.45, 2.75) is 43.8 Å². The van der Waals surface area contributed by atoms with Crippen molar-refractivity contribution in [3.05, 3.63) is 33.3 Å². The first kappa shape index (κ1) is 13.9. The van der Waals surface area contributed by atoms with Gasteiger partial charge in [0, 0.05) is 28.1 Å². The Kier molecular flexibility index (Phi) is 4.18. The van der Waals surface area contributed by atoms with Crippen molar-refractivity contribution in [2.24, 2.45) is 0 Å². The fourth-order valence-electron chi connectivity index (χ4n) is 3.24. The summed E-state index contributed by atoms with van der Waals surface area (Å²) in [6, 6.07) is 6.05. The molecule has 1 aliphatic carbocycles. The maximum atomic E-state index is 6.46. The zero-order valence-electron chi connectivity index (χ0n) is 10.9. The number of morpholine rings is 1. The van der Waals surface area contributed by atoms with Crippen LogP contribution in [0.15, 0.2) is 22.7 Å². The van der Waals surface area contributed by atoms with Crippen molar-refractivity contribution in [3.8, 4) is 0 Å². The van der Waals surface area contributed by atoms with Crippen molar-refractivity contribution in [1.82, 2.24) is 5.32 Å². The molecule has 3 rings (SSSR count). The van der Waals surface area contributed by atoms with Crippen molar-refractivity contribution >= 4 is 27.5 Å². The van der Waals surface area contributed by atoms with E-state index in [2.05, 4.69) is 27.3 Å². The topological polar surface area (TPSA) is 21.3 Å². The van der Waals surface area contributed by atoms with Crippen molar-refractivity contribution in [3.63, 3.8) is 0 Å². The average Bonchev–Trinajstić information content (AvgIpc) is 2.39. The normalized spacial score (nSPS) is 26.5. The minimum atomic E-state index is 0.0393. The summed E-state index contributed by atoms with van der Waals surface area (Å²) in [7, 11) is 0. The Labute approximate surface area is 128 Å². The SMILES string of the molecule is Clc1cc(Br)ccc1C1CNCC2(CCCCC2)O1. The Bertz CT molecular complexity index is 454. The molecule has 1 aliphatic heterocycles. The fraction of sp³-hybridized carbons (Fsp3) is 0.600. The van der Waals surface area contributed by atoms with Crippen molar-refractivity contribution in [2.75, 3.05) is 13.1 Å². The molecule has 1 spiro atoms. The van der Waals surface area contributed by atoms with E-state index in [9.17, 15) is 0 Å². The van der Waals surface area contributed by atoms with E-state index >= 15 is 0 Å². The van der Waals surface area contributed by atoms with Crippen molar-refractivity contribution < 1.29 is 4.74 Å².